The van der Waals surface area contributed by atoms with Crippen LogP contribution >= 0.6 is 11.6 Å². The van der Waals surface area contributed by atoms with E-state index in [2.05, 4.69) is 0 Å². The van der Waals surface area contributed by atoms with Gasteiger partial charge >= 0.3 is 0 Å². The summed E-state index contributed by atoms with van der Waals surface area (Å²) in [4.78, 5) is 14.4. The summed E-state index contributed by atoms with van der Waals surface area (Å²) in [6, 6.07) is 13.6. The molecule has 0 spiro atoms. The number of benzene rings is 2. The van der Waals surface area contributed by atoms with Crippen LogP contribution in [-0.4, -0.2) is 24.0 Å². The lowest BCUT2D eigenvalue weighted by Crippen LogP contribution is -2.39. The fraction of sp³-hybridized carbons (Fsp3) is 0.350. The highest BCUT2D eigenvalue weighted by atomic mass is 35.5. The van der Waals surface area contributed by atoms with Gasteiger partial charge in [-0.25, -0.2) is 0 Å². The number of hydrogen-bond acceptors (Lipinski definition) is 2. The van der Waals surface area contributed by atoms with Gasteiger partial charge in [0, 0.05) is 18.6 Å². The maximum absolute atomic E-state index is 12.7. The first kappa shape index (κ1) is 18.3. The zero-order valence-electron chi connectivity index (χ0n) is 14.7. The summed E-state index contributed by atoms with van der Waals surface area (Å²) < 4.78 is 6.00. The molecule has 0 aliphatic heterocycles. The molecule has 0 saturated heterocycles. The van der Waals surface area contributed by atoms with Gasteiger partial charge in [-0.05, 0) is 55.2 Å². The fourth-order valence-electron chi connectivity index (χ4n) is 2.48. The lowest BCUT2D eigenvalue weighted by Gasteiger charge is -2.24. The highest BCUT2D eigenvalue weighted by molar-refractivity contribution is 6.30. The van der Waals surface area contributed by atoms with E-state index in [1.165, 1.54) is 0 Å². The van der Waals surface area contributed by atoms with Crippen LogP contribution in [0.25, 0.3) is 0 Å². The molecule has 0 fully saturated rings. The van der Waals surface area contributed by atoms with E-state index in [9.17, 15) is 4.79 Å². The molecule has 4 heteroatoms. The summed E-state index contributed by atoms with van der Waals surface area (Å²) in [5, 5.41) is 0.692. The van der Waals surface area contributed by atoms with E-state index in [1.54, 1.807) is 11.9 Å². The second-order valence-electron chi connectivity index (χ2n) is 6.10. The summed E-state index contributed by atoms with van der Waals surface area (Å²) in [5.74, 6) is 0.753. The summed E-state index contributed by atoms with van der Waals surface area (Å²) >= 11 is 5.90. The monoisotopic (exact) mass is 345 g/mol. The van der Waals surface area contributed by atoms with Gasteiger partial charge in [0.05, 0.1) is 0 Å². The van der Waals surface area contributed by atoms with Gasteiger partial charge in [-0.15, -0.1) is 0 Å². The molecule has 0 aliphatic carbocycles. The van der Waals surface area contributed by atoms with Crippen molar-refractivity contribution in [2.75, 3.05) is 7.05 Å². The first-order valence-corrected chi connectivity index (χ1v) is 8.51. The van der Waals surface area contributed by atoms with E-state index >= 15 is 0 Å². The van der Waals surface area contributed by atoms with Crippen molar-refractivity contribution in [3.63, 3.8) is 0 Å². The van der Waals surface area contributed by atoms with Gasteiger partial charge in [-0.2, -0.15) is 0 Å². The number of halogens is 1. The van der Waals surface area contributed by atoms with E-state index in [0.717, 1.165) is 22.4 Å². The lowest BCUT2D eigenvalue weighted by molar-refractivity contribution is -0.138. The zero-order valence-corrected chi connectivity index (χ0v) is 15.4. The van der Waals surface area contributed by atoms with Crippen molar-refractivity contribution in [3.05, 3.63) is 64.2 Å². The topological polar surface area (TPSA) is 29.5 Å². The molecular weight excluding hydrogens is 322 g/mol. The molecule has 0 heterocycles. The molecule has 2 aromatic carbocycles. The molecule has 0 aliphatic rings. The van der Waals surface area contributed by atoms with Crippen molar-refractivity contribution in [1.29, 1.82) is 0 Å². The molecule has 1 unspecified atom stereocenters. The number of hydrogen-bond donors (Lipinski definition) is 0. The molecule has 1 atom stereocenters. The second-order valence-corrected chi connectivity index (χ2v) is 6.54. The van der Waals surface area contributed by atoms with E-state index in [4.69, 9.17) is 16.3 Å². The summed E-state index contributed by atoms with van der Waals surface area (Å²) in [7, 11) is 1.80. The number of carbonyl (C=O) groups excluding carboxylic acids is 1. The first-order chi connectivity index (χ1) is 11.4. The molecule has 0 radical (unpaired) electrons. The van der Waals surface area contributed by atoms with Gasteiger partial charge in [-0.3, -0.25) is 4.79 Å². The van der Waals surface area contributed by atoms with Crippen molar-refractivity contribution in [3.8, 4) is 5.75 Å². The molecule has 1 amide bonds. The minimum atomic E-state index is -0.484. The zero-order chi connectivity index (χ0) is 17.7. The van der Waals surface area contributed by atoms with Crippen molar-refractivity contribution >= 4 is 17.5 Å². The Morgan fingerprint density at radius 3 is 2.46 bits per heavy atom. The third-order valence-corrected chi connectivity index (χ3v) is 4.22. The quantitative estimate of drug-likeness (QED) is 0.754. The standard InChI is InChI=1S/C20H24ClNO2/c1-5-18(24-19-12-14(2)6-7-15(19)3)20(23)22(4)13-16-8-10-17(21)11-9-16/h6-12,18H,5,13H2,1-4H3. The average Bonchev–Trinajstić information content (AvgIpc) is 2.57. The molecule has 3 nitrogen and oxygen atoms in total. The number of carbonyl (C=O) groups is 1. The van der Waals surface area contributed by atoms with Crippen LogP contribution in [0, 0.1) is 13.8 Å². The van der Waals surface area contributed by atoms with Gasteiger partial charge in [-0.1, -0.05) is 42.8 Å². The van der Waals surface area contributed by atoms with Crippen LogP contribution in [0.15, 0.2) is 42.5 Å². The third kappa shape index (κ3) is 4.75. The molecule has 0 N–H and O–H groups in total. The Balaban J connectivity index is 2.07. The number of aryl methyl sites for hydroxylation is 2. The molecule has 2 aromatic rings. The Labute approximate surface area is 149 Å². The highest BCUT2D eigenvalue weighted by Crippen LogP contribution is 2.22. The number of likely N-dealkylation sites (N-methyl/N-ethyl adjacent to an activating group) is 1. The van der Waals surface area contributed by atoms with Gasteiger partial charge in [0.25, 0.3) is 5.91 Å². The van der Waals surface area contributed by atoms with Crippen LogP contribution < -0.4 is 4.74 Å². The largest absolute Gasteiger partial charge is 0.480 e. The number of amides is 1. The Kier molecular flexibility index (Phi) is 6.27. The molecule has 0 bridgehead atoms. The Morgan fingerprint density at radius 1 is 1.17 bits per heavy atom. The van der Waals surface area contributed by atoms with Crippen LogP contribution in [0.1, 0.15) is 30.0 Å². The van der Waals surface area contributed by atoms with Crippen LogP contribution in [0.3, 0.4) is 0 Å². The maximum atomic E-state index is 12.7. The van der Waals surface area contributed by atoms with Gasteiger partial charge in [0.1, 0.15) is 5.75 Å². The van der Waals surface area contributed by atoms with Crippen molar-refractivity contribution in [1.82, 2.24) is 4.90 Å². The molecule has 2 rings (SSSR count). The predicted molar refractivity (Wildman–Crippen MR) is 98.5 cm³/mol. The Morgan fingerprint density at radius 2 is 1.83 bits per heavy atom. The van der Waals surface area contributed by atoms with Crippen LogP contribution in [0.4, 0.5) is 0 Å². The van der Waals surface area contributed by atoms with Gasteiger partial charge < -0.3 is 9.64 Å². The van der Waals surface area contributed by atoms with Crippen LogP contribution in [0.2, 0.25) is 5.02 Å². The van der Waals surface area contributed by atoms with E-state index in [1.807, 2.05) is 63.2 Å². The van der Waals surface area contributed by atoms with Crippen molar-refractivity contribution in [2.45, 2.75) is 39.8 Å². The minimum Gasteiger partial charge on any atom is -0.480 e. The Hall–Kier alpha value is -2.00. The third-order valence-electron chi connectivity index (χ3n) is 3.97. The Bertz CT molecular complexity index is 697. The SMILES string of the molecule is CCC(Oc1cc(C)ccc1C)C(=O)N(C)Cc1ccc(Cl)cc1. The first-order valence-electron chi connectivity index (χ1n) is 8.14. The van der Waals surface area contributed by atoms with Crippen molar-refractivity contribution in [2.24, 2.45) is 0 Å². The lowest BCUT2D eigenvalue weighted by atomic mass is 10.1. The summed E-state index contributed by atoms with van der Waals surface area (Å²) in [5.41, 5.74) is 3.19. The fourth-order valence-corrected chi connectivity index (χ4v) is 2.61. The normalized spacial score (nSPS) is 11.9. The van der Waals surface area contributed by atoms with Crippen molar-refractivity contribution < 1.29 is 9.53 Å². The molecule has 24 heavy (non-hydrogen) atoms. The molecular formula is C20H24ClNO2. The summed E-state index contributed by atoms with van der Waals surface area (Å²) in [6.07, 6.45) is 0.139. The minimum absolute atomic E-state index is 0.0200. The number of nitrogens with zero attached hydrogens (tertiary/aromatic N) is 1. The predicted octanol–water partition coefficient (Wildman–Crippen LogP) is 4.77. The van der Waals surface area contributed by atoms with Crippen LogP contribution in [0.5, 0.6) is 5.75 Å². The summed E-state index contributed by atoms with van der Waals surface area (Å²) in [6.45, 7) is 6.50. The van der Waals surface area contributed by atoms with E-state index < -0.39 is 6.10 Å². The molecule has 0 aromatic heterocycles. The number of ether oxygens (including phenoxy) is 1. The van der Waals surface area contributed by atoms with E-state index in [-0.39, 0.29) is 5.91 Å². The van der Waals surface area contributed by atoms with Gasteiger partial charge in [0.15, 0.2) is 6.10 Å². The van der Waals surface area contributed by atoms with Crippen LogP contribution in [-0.2, 0) is 11.3 Å². The average molecular weight is 346 g/mol. The highest BCUT2D eigenvalue weighted by Gasteiger charge is 2.23. The van der Waals surface area contributed by atoms with Gasteiger partial charge in [0.2, 0.25) is 0 Å². The molecule has 128 valence electrons. The maximum Gasteiger partial charge on any atom is 0.263 e. The second kappa shape index (κ2) is 8.20. The number of rotatable bonds is 6. The van der Waals surface area contributed by atoms with E-state index in [0.29, 0.717) is 18.0 Å². The smallest absolute Gasteiger partial charge is 0.263 e. The molecule has 0 saturated carbocycles.